The topological polar surface area (TPSA) is 60.9 Å². The first-order valence-corrected chi connectivity index (χ1v) is 14.1. The van der Waals surface area contributed by atoms with Crippen LogP contribution >= 0.6 is 0 Å². The minimum absolute atomic E-state index is 0.254. The van der Waals surface area contributed by atoms with E-state index in [1.807, 2.05) is 32.0 Å². The van der Waals surface area contributed by atoms with Gasteiger partial charge in [-0.3, -0.25) is 4.90 Å². The number of nitrogens with zero attached hydrogens (tertiary/aromatic N) is 2. The number of hydrogen-bond acceptors (Lipinski definition) is 5. The van der Waals surface area contributed by atoms with Crippen LogP contribution in [0.5, 0.6) is 0 Å². The minimum Gasteiger partial charge on any atom is -0.390 e. The molecule has 0 amide bonds. The Labute approximate surface area is 199 Å². The highest BCUT2D eigenvalue weighted by Gasteiger charge is 2.35. The molecule has 1 saturated heterocycles. The van der Waals surface area contributed by atoms with Crippen molar-refractivity contribution >= 4 is 15.5 Å². The molecular formula is C27H38N2O3S. The third-order valence-corrected chi connectivity index (χ3v) is 8.67. The summed E-state index contributed by atoms with van der Waals surface area (Å²) in [6.07, 6.45) is 5.88. The van der Waals surface area contributed by atoms with Crippen molar-refractivity contribution in [3.63, 3.8) is 0 Å². The van der Waals surface area contributed by atoms with Crippen molar-refractivity contribution in [2.75, 3.05) is 37.3 Å². The predicted octanol–water partition coefficient (Wildman–Crippen LogP) is 4.53. The summed E-state index contributed by atoms with van der Waals surface area (Å²) in [5.41, 5.74) is 1.66. The number of aliphatic hydroxyl groups is 1. The van der Waals surface area contributed by atoms with E-state index in [0.717, 1.165) is 44.7 Å². The molecule has 0 spiro atoms. The second kappa shape index (κ2) is 9.77. The Balaban J connectivity index is 1.54. The Morgan fingerprint density at radius 2 is 1.79 bits per heavy atom. The fraction of sp³-hybridized carbons (Fsp3) is 0.556. The zero-order valence-electron chi connectivity index (χ0n) is 20.2. The van der Waals surface area contributed by atoms with Crippen molar-refractivity contribution in [2.24, 2.45) is 11.8 Å². The summed E-state index contributed by atoms with van der Waals surface area (Å²) in [7, 11) is -3.23. The van der Waals surface area contributed by atoms with E-state index in [2.05, 4.69) is 40.1 Å². The van der Waals surface area contributed by atoms with E-state index in [9.17, 15) is 13.5 Å². The molecular weight excluding hydrogens is 432 g/mol. The van der Waals surface area contributed by atoms with Crippen molar-refractivity contribution in [3.8, 4) is 0 Å². The van der Waals surface area contributed by atoms with Crippen LogP contribution in [0.2, 0.25) is 0 Å². The highest BCUT2D eigenvalue weighted by Crippen LogP contribution is 2.38. The van der Waals surface area contributed by atoms with Gasteiger partial charge >= 0.3 is 0 Å². The van der Waals surface area contributed by atoms with Crippen LogP contribution in [0.1, 0.15) is 51.1 Å². The van der Waals surface area contributed by atoms with E-state index in [4.69, 9.17) is 0 Å². The molecule has 3 atom stereocenters. The summed E-state index contributed by atoms with van der Waals surface area (Å²) < 4.78 is 24.2. The van der Waals surface area contributed by atoms with Crippen LogP contribution in [0.15, 0.2) is 59.5 Å². The summed E-state index contributed by atoms with van der Waals surface area (Å²) >= 11 is 0. The van der Waals surface area contributed by atoms with Crippen LogP contribution < -0.4 is 4.90 Å². The van der Waals surface area contributed by atoms with Crippen LogP contribution in [0.3, 0.4) is 0 Å². The zero-order chi connectivity index (χ0) is 23.6. The Morgan fingerprint density at radius 3 is 2.48 bits per heavy atom. The maximum Gasteiger partial charge on any atom is 0.175 e. The Morgan fingerprint density at radius 1 is 1.03 bits per heavy atom. The summed E-state index contributed by atoms with van der Waals surface area (Å²) in [5.74, 6) is 0.966. The lowest BCUT2D eigenvalue weighted by atomic mass is 9.74. The third kappa shape index (κ3) is 5.97. The van der Waals surface area contributed by atoms with Crippen molar-refractivity contribution in [3.05, 3.63) is 60.2 Å². The van der Waals surface area contributed by atoms with Gasteiger partial charge in [-0.05, 0) is 68.7 Å². The van der Waals surface area contributed by atoms with E-state index < -0.39 is 15.4 Å². The van der Waals surface area contributed by atoms with Gasteiger partial charge in [-0.1, -0.05) is 42.8 Å². The van der Waals surface area contributed by atoms with Gasteiger partial charge in [0.15, 0.2) is 9.84 Å². The van der Waals surface area contributed by atoms with E-state index in [-0.39, 0.29) is 6.04 Å². The van der Waals surface area contributed by atoms with Gasteiger partial charge in [-0.2, -0.15) is 0 Å². The second-order valence-electron chi connectivity index (χ2n) is 10.5. The quantitative estimate of drug-likeness (QED) is 0.672. The Kier molecular flexibility index (Phi) is 7.18. The van der Waals surface area contributed by atoms with Crippen LogP contribution in [0, 0.1) is 11.8 Å². The lowest BCUT2D eigenvalue weighted by molar-refractivity contribution is -0.0151. The molecule has 0 aromatic heterocycles. The Bertz CT molecular complexity index is 1030. The summed E-state index contributed by atoms with van der Waals surface area (Å²) in [6.45, 7) is 7.60. The standard InChI is InChI=1S/C27H38N2O3S/c1-27(2,30)23-12-7-9-21(17-23)19-29-16-15-28(20-26(29)22-10-5-4-6-11-22)24-13-8-14-25(18-24)33(3,31)32/h4-6,8,10-11,13-14,18,21,23,26,30H,7,9,12,15-17,19-20H2,1-3H3/t21-,23+,26?/m1/s1. The fourth-order valence-corrected chi connectivity index (χ4v) is 6.27. The molecule has 1 aliphatic heterocycles. The maximum absolute atomic E-state index is 12.1. The second-order valence-corrected chi connectivity index (χ2v) is 12.5. The minimum atomic E-state index is -3.23. The van der Waals surface area contributed by atoms with Gasteiger partial charge < -0.3 is 10.0 Å². The van der Waals surface area contributed by atoms with Crippen LogP contribution in [-0.2, 0) is 9.84 Å². The zero-order valence-corrected chi connectivity index (χ0v) is 21.0. The predicted molar refractivity (Wildman–Crippen MR) is 134 cm³/mol. The molecule has 180 valence electrons. The van der Waals surface area contributed by atoms with Crippen LogP contribution in [0.25, 0.3) is 0 Å². The van der Waals surface area contributed by atoms with Gasteiger partial charge in [0.25, 0.3) is 0 Å². The first-order chi connectivity index (χ1) is 15.6. The Hall–Kier alpha value is -1.89. The summed E-state index contributed by atoms with van der Waals surface area (Å²) in [5, 5.41) is 10.6. The van der Waals surface area contributed by atoms with Gasteiger partial charge in [0, 0.05) is 38.1 Å². The molecule has 2 aliphatic rings. The number of piperazine rings is 1. The molecule has 2 aromatic carbocycles. The van der Waals surface area contributed by atoms with Crippen molar-refractivity contribution in [1.82, 2.24) is 4.90 Å². The van der Waals surface area contributed by atoms with Gasteiger partial charge in [-0.15, -0.1) is 0 Å². The van der Waals surface area contributed by atoms with Gasteiger partial charge in [0.1, 0.15) is 0 Å². The molecule has 2 aromatic rings. The molecule has 1 aliphatic carbocycles. The maximum atomic E-state index is 12.1. The van der Waals surface area contributed by atoms with Crippen LogP contribution in [0.4, 0.5) is 5.69 Å². The number of hydrogen-bond donors (Lipinski definition) is 1. The smallest absolute Gasteiger partial charge is 0.175 e. The molecule has 0 radical (unpaired) electrons. The van der Waals surface area contributed by atoms with E-state index in [1.54, 1.807) is 6.07 Å². The first-order valence-electron chi connectivity index (χ1n) is 12.2. The normalized spacial score (nSPS) is 25.2. The average Bonchev–Trinajstić information content (AvgIpc) is 2.79. The fourth-order valence-electron chi connectivity index (χ4n) is 5.61. The average molecular weight is 471 g/mol. The molecule has 5 nitrogen and oxygen atoms in total. The van der Waals surface area contributed by atoms with Gasteiger partial charge in [0.2, 0.25) is 0 Å². The van der Waals surface area contributed by atoms with E-state index in [0.29, 0.717) is 16.7 Å². The lowest BCUT2D eigenvalue weighted by Crippen LogP contribution is -2.50. The molecule has 0 bridgehead atoms. The SMILES string of the molecule is CC(C)(O)[C@H]1CCC[C@@H](CN2CCN(c3cccc(S(C)(=O)=O)c3)CC2c2ccccc2)C1. The van der Waals surface area contributed by atoms with Crippen molar-refractivity contribution < 1.29 is 13.5 Å². The highest BCUT2D eigenvalue weighted by atomic mass is 32.2. The van der Waals surface area contributed by atoms with Gasteiger partial charge in [0.05, 0.1) is 16.5 Å². The first kappa shape index (κ1) is 24.2. The van der Waals surface area contributed by atoms with Crippen molar-refractivity contribution in [2.45, 2.75) is 56.1 Å². The molecule has 33 heavy (non-hydrogen) atoms. The monoisotopic (exact) mass is 470 g/mol. The lowest BCUT2D eigenvalue weighted by Gasteiger charge is -2.45. The van der Waals surface area contributed by atoms with E-state index in [1.165, 1.54) is 24.7 Å². The number of anilines is 1. The largest absolute Gasteiger partial charge is 0.390 e. The third-order valence-electron chi connectivity index (χ3n) is 7.56. The molecule has 1 saturated carbocycles. The summed E-state index contributed by atoms with van der Waals surface area (Å²) in [4.78, 5) is 5.31. The molecule has 4 rings (SSSR count). The molecule has 1 heterocycles. The molecule has 1 unspecified atom stereocenters. The molecule has 6 heteroatoms. The number of rotatable bonds is 6. The summed E-state index contributed by atoms with van der Waals surface area (Å²) in [6, 6.07) is 18.2. The number of benzene rings is 2. The van der Waals surface area contributed by atoms with E-state index >= 15 is 0 Å². The molecule has 2 fully saturated rings. The van der Waals surface area contributed by atoms with Gasteiger partial charge in [-0.25, -0.2) is 8.42 Å². The molecule has 1 N–H and O–H groups in total. The highest BCUT2D eigenvalue weighted by molar-refractivity contribution is 7.90. The van der Waals surface area contributed by atoms with Crippen molar-refractivity contribution in [1.29, 1.82) is 0 Å². The van der Waals surface area contributed by atoms with Crippen LogP contribution in [-0.4, -0.2) is 56.5 Å². The number of sulfone groups is 1.